The first-order chi connectivity index (χ1) is 19.3. The molecule has 40 heavy (non-hydrogen) atoms. The molecule has 1 saturated heterocycles. The maximum absolute atomic E-state index is 12.8. The molecule has 1 aliphatic rings. The van der Waals surface area contributed by atoms with E-state index < -0.39 is 10.8 Å². The second-order valence-corrected chi connectivity index (χ2v) is 10.7. The molecule has 0 saturated carbocycles. The predicted molar refractivity (Wildman–Crippen MR) is 160 cm³/mol. The average Bonchev–Trinajstić information content (AvgIpc) is 3.35. The lowest BCUT2D eigenvalue weighted by Crippen LogP contribution is -2.34. The van der Waals surface area contributed by atoms with Crippen LogP contribution < -0.4 is 15.5 Å². The van der Waals surface area contributed by atoms with Crippen LogP contribution in [0.4, 0.5) is 17.1 Å². The van der Waals surface area contributed by atoms with Gasteiger partial charge in [0.05, 0.1) is 4.92 Å². The van der Waals surface area contributed by atoms with E-state index in [0.29, 0.717) is 29.6 Å². The molecule has 1 aliphatic heterocycles. The summed E-state index contributed by atoms with van der Waals surface area (Å²) in [4.78, 5) is 30.7. The lowest BCUT2D eigenvalue weighted by atomic mass is 10.0. The smallest absolute Gasteiger partial charge is 0.293 e. The zero-order valence-corrected chi connectivity index (χ0v) is 23.3. The van der Waals surface area contributed by atoms with Crippen LogP contribution in [0.5, 0.6) is 0 Å². The number of thiocarbonyl (C=S) groups is 1. The van der Waals surface area contributed by atoms with Crippen LogP contribution in [0, 0.1) is 10.1 Å². The SMILES string of the molecule is CC(C)c1ccc2oc(Cc3ccc(NC(=S)NC(=O)c4ccc(N5CCCCC5)c([N+](=O)[O-])c4)cc3)nc2c1. The highest BCUT2D eigenvalue weighted by atomic mass is 32.1. The molecule has 206 valence electrons. The lowest BCUT2D eigenvalue weighted by molar-refractivity contribution is -0.384. The van der Waals surface area contributed by atoms with E-state index in [-0.39, 0.29) is 16.4 Å². The highest BCUT2D eigenvalue weighted by Gasteiger charge is 2.23. The fraction of sp³-hybridized carbons (Fsp3) is 0.300. The van der Waals surface area contributed by atoms with Crippen molar-refractivity contribution in [2.24, 2.45) is 0 Å². The van der Waals surface area contributed by atoms with E-state index in [1.165, 1.54) is 11.6 Å². The molecule has 2 N–H and O–H groups in total. The molecule has 0 radical (unpaired) electrons. The average molecular weight is 558 g/mol. The van der Waals surface area contributed by atoms with E-state index in [0.717, 1.165) is 49.0 Å². The summed E-state index contributed by atoms with van der Waals surface area (Å²) >= 11 is 5.32. The molecular weight excluding hydrogens is 526 g/mol. The van der Waals surface area contributed by atoms with Crippen LogP contribution in [0.25, 0.3) is 11.1 Å². The number of aromatic nitrogens is 1. The number of anilines is 2. The van der Waals surface area contributed by atoms with Gasteiger partial charge in [-0.2, -0.15) is 0 Å². The second kappa shape index (κ2) is 11.8. The number of nitrogens with one attached hydrogen (secondary N) is 2. The summed E-state index contributed by atoms with van der Waals surface area (Å²) in [7, 11) is 0. The van der Waals surface area contributed by atoms with Crippen molar-refractivity contribution in [1.82, 2.24) is 10.3 Å². The van der Waals surface area contributed by atoms with Gasteiger partial charge in [-0.15, -0.1) is 0 Å². The van der Waals surface area contributed by atoms with Crippen molar-refractivity contribution >= 4 is 51.4 Å². The Labute approximate surface area is 237 Å². The molecular formula is C30H31N5O4S. The summed E-state index contributed by atoms with van der Waals surface area (Å²) in [5.74, 6) is 0.544. The Kier molecular flexibility index (Phi) is 8.06. The third-order valence-corrected chi connectivity index (χ3v) is 7.25. The van der Waals surface area contributed by atoms with Crippen molar-refractivity contribution in [3.63, 3.8) is 0 Å². The molecule has 1 amide bonds. The minimum absolute atomic E-state index is 0.0803. The zero-order chi connectivity index (χ0) is 28.2. The Bertz CT molecular complexity index is 1560. The van der Waals surface area contributed by atoms with Crippen LogP contribution in [-0.2, 0) is 6.42 Å². The lowest BCUT2D eigenvalue weighted by Gasteiger charge is -2.28. The standard InChI is InChI=1S/C30H31N5O4S/c1-19(2)21-9-13-27-24(17-21)32-28(39-27)16-20-6-10-23(11-7-20)31-30(40)33-29(36)22-8-12-25(26(18-22)35(37)38)34-14-4-3-5-15-34/h6-13,17-19H,3-5,14-16H2,1-2H3,(H2,31,33,36,40). The van der Waals surface area contributed by atoms with Crippen LogP contribution >= 0.6 is 12.2 Å². The molecule has 0 atom stereocenters. The molecule has 0 unspecified atom stereocenters. The number of nitrogens with zero attached hydrogens (tertiary/aromatic N) is 3. The largest absolute Gasteiger partial charge is 0.440 e. The molecule has 1 fully saturated rings. The van der Waals surface area contributed by atoms with Crippen molar-refractivity contribution in [2.45, 2.75) is 45.4 Å². The number of carbonyl (C=O) groups is 1. The topological polar surface area (TPSA) is 114 Å². The van der Waals surface area contributed by atoms with Gasteiger partial charge < -0.3 is 14.6 Å². The number of oxazole rings is 1. The third kappa shape index (κ3) is 6.28. The van der Waals surface area contributed by atoms with Gasteiger partial charge in [-0.05, 0) is 84.9 Å². The zero-order valence-electron chi connectivity index (χ0n) is 22.5. The monoisotopic (exact) mass is 557 g/mol. The van der Waals surface area contributed by atoms with E-state index in [1.54, 1.807) is 12.1 Å². The van der Waals surface area contributed by atoms with Crippen molar-refractivity contribution < 1.29 is 14.1 Å². The van der Waals surface area contributed by atoms with Gasteiger partial charge in [0.1, 0.15) is 11.2 Å². The van der Waals surface area contributed by atoms with Crippen molar-refractivity contribution in [1.29, 1.82) is 0 Å². The van der Waals surface area contributed by atoms with Gasteiger partial charge in [0.25, 0.3) is 11.6 Å². The minimum Gasteiger partial charge on any atom is -0.440 e. The minimum atomic E-state index is -0.515. The molecule has 1 aromatic heterocycles. The molecule has 0 spiro atoms. The summed E-state index contributed by atoms with van der Waals surface area (Å²) in [6, 6.07) is 18.2. The van der Waals surface area contributed by atoms with Crippen molar-refractivity contribution in [3.8, 4) is 0 Å². The molecule has 4 aromatic rings. The van der Waals surface area contributed by atoms with E-state index in [1.807, 2.05) is 35.2 Å². The normalized spacial score (nSPS) is 13.4. The first-order valence-electron chi connectivity index (χ1n) is 13.4. The van der Waals surface area contributed by atoms with Gasteiger partial charge in [-0.1, -0.05) is 32.0 Å². The van der Waals surface area contributed by atoms with E-state index in [2.05, 4.69) is 41.6 Å². The van der Waals surface area contributed by atoms with Crippen LogP contribution in [0.3, 0.4) is 0 Å². The van der Waals surface area contributed by atoms with Crippen molar-refractivity contribution in [2.75, 3.05) is 23.3 Å². The number of fused-ring (bicyclic) bond motifs is 1. The van der Waals surface area contributed by atoms with Crippen LogP contribution in [0.1, 0.15) is 66.4 Å². The summed E-state index contributed by atoms with van der Waals surface area (Å²) in [5.41, 5.74) is 5.18. The van der Waals surface area contributed by atoms with Crippen LogP contribution in [0.2, 0.25) is 0 Å². The number of nitro benzene ring substituents is 1. The Balaban J connectivity index is 1.19. The molecule has 2 heterocycles. The van der Waals surface area contributed by atoms with E-state index in [9.17, 15) is 14.9 Å². The van der Waals surface area contributed by atoms with E-state index >= 15 is 0 Å². The fourth-order valence-electron chi connectivity index (χ4n) is 4.86. The van der Waals surface area contributed by atoms with Gasteiger partial charge in [0, 0.05) is 36.8 Å². The van der Waals surface area contributed by atoms with Gasteiger partial charge >= 0.3 is 0 Å². The maximum Gasteiger partial charge on any atom is 0.293 e. The first-order valence-corrected chi connectivity index (χ1v) is 13.8. The van der Waals surface area contributed by atoms with Gasteiger partial charge in [0.15, 0.2) is 16.6 Å². The molecule has 10 heteroatoms. The number of amides is 1. The Morgan fingerprint density at radius 1 is 1.07 bits per heavy atom. The third-order valence-electron chi connectivity index (χ3n) is 7.05. The van der Waals surface area contributed by atoms with Gasteiger partial charge in [-0.3, -0.25) is 20.2 Å². The number of rotatable bonds is 7. The Hall–Kier alpha value is -4.31. The predicted octanol–water partition coefficient (Wildman–Crippen LogP) is 6.57. The van der Waals surface area contributed by atoms with Crippen LogP contribution in [0.15, 0.2) is 65.1 Å². The molecule has 0 aliphatic carbocycles. The highest BCUT2D eigenvalue weighted by Crippen LogP contribution is 2.31. The Morgan fingerprint density at radius 2 is 1.82 bits per heavy atom. The quantitative estimate of drug-likeness (QED) is 0.149. The van der Waals surface area contributed by atoms with Gasteiger partial charge in [0.2, 0.25) is 0 Å². The number of hydrogen-bond acceptors (Lipinski definition) is 7. The number of nitro groups is 1. The first kappa shape index (κ1) is 27.3. The van der Waals surface area contributed by atoms with Gasteiger partial charge in [-0.25, -0.2) is 4.98 Å². The number of carbonyl (C=O) groups excluding carboxylic acids is 1. The molecule has 0 bridgehead atoms. The summed E-state index contributed by atoms with van der Waals surface area (Å²) in [6.45, 7) is 5.84. The van der Waals surface area contributed by atoms with Crippen LogP contribution in [-0.4, -0.2) is 34.0 Å². The number of hydrogen-bond donors (Lipinski definition) is 2. The molecule has 5 rings (SSSR count). The molecule has 3 aromatic carbocycles. The fourth-order valence-corrected chi connectivity index (χ4v) is 5.07. The second-order valence-electron chi connectivity index (χ2n) is 10.3. The van der Waals surface area contributed by atoms with Crippen molar-refractivity contribution in [3.05, 3.63) is 93.4 Å². The molecule has 9 nitrogen and oxygen atoms in total. The summed E-state index contributed by atoms with van der Waals surface area (Å²) in [5, 5.41) is 17.4. The number of benzene rings is 3. The van der Waals surface area contributed by atoms with E-state index in [4.69, 9.17) is 16.6 Å². The summed E-state index contributed by atoms with van der Waals surface area (Å²) in [6.07, 6.45) is 3.65. The summed E-state index contributed by atoms with van der Waals surface area (Å²) < 4.78 is 5.91. The Morgan fingerprint density at radius 3 is 2.52 bits per heavy atom. The highest BCUT2D eigenvalue weighted by molar-refractivity contribution is 7.80. The number of piperidine rings is 1. The maximum atomic E-state index is 12.8.